The maximum atomic E-state index is 8.48. The van der Waals surface area contributed by atoms with Gasteiger partial charge in [0.15, 0.2) is 6.61 Å². The second-order valence-electron chi connectivity index (χ2n) is 3.17. The highest BCUT2D eigenvalue weighted by atomic mass is 16.5. The van der Waals surface area contributed by atoms with Crippen molar-refractivity contribution in [1.82, 2.24) is 20.6 Å². The molecular weight excluding hydrogens is 234 g/mol. The molecule has 8 nitrogen and oxygen atoms in total. The highest BCUT2D eigenvalue weighted by Crippen LogP contribution is 2.19. The Labute approximate surface area is 102 Å². The van der Waals surface area contributed by atoms with Gasteiger partial charge in [-0.3, -0.25) is 0 Å². The maximum Gasteiger partial charge on any atom is 0.307 e. The second kappa shape index (κ2) is 6.05. The Bertz CT molecular complexity index is 558. The predicted molar refractivity (Wildman–Crippen MR) is 59.9 cm³/mol. The van der Waals surface area contributed by atoms with Crippen molar-refractivity contribution >= 4 is 5.95 Å². The monoisotopic (exact) mass is 243 g/mol. The minimum atomic E-state index is -0.000994. The Hall–Kier alpha value is -2.82. The van der Waals surface area contributed by atoms with E-state index >= 15 is 0 Å². The topological polar surface area (TPSA) is 112 Å². The summed E-state index contributed by atoms with van der Waals surface area (Å²) in [5.74, 6) is 0.788. The highest BCUT2D eigenvalue weighted by Gasteiger charge is 2.02. The third-order valence-corrected chi connectivity index (χ3v) is 2.00. The fraction of sp³-hybridized carbons (Fsp3) is 0.200. The van der Waals surface area contributed by atoms with Crippen molar-refractivity contribution in [1.29, 1.82) is 5.26 Å². The number of tetrazole rings is 1. The van der Waals surface area contributed by atoms with Crippen LogP contribution >= 0.6 is 0 Å². The van der Waals surface area contributed by atoms with E-state index in [-0.39, 0.29) is 12.6 Å². The summed E-state index contributed by atoms with van der Waals surface area (Å²) in [7, 11) is 0. The van der Waals surface area contributed by atoms with Gasteiger partial charge in [0.1, 0.15) is 11.8 Å². The largest absolute Gasteiger partial charge is 0.478 e. The number of aromatic nitrogens is 4. The first kappa shape index (κ1) is 11.7. The quantitative estimate of drug-likeness (QED) is 0.797. The van der Waals surface area contributed by atoms with E-state index in [4.69, 9.17) is 10.00 Å². The number of nitrogens with one attached hydrogen (secondary N) is 1. The zero-order valence-corrected chi connectivity index (χ0v) is 9.32. The first-order valence-electron chi connectivity index (χ1n) is 5.09. The number of para-hydroxylation sites is 1. The summed E-state index contributed by atoms with van der Waals surface area (Å²) in [5.41, 5.74) is 0.833. The number of aromatic amines is 1. The van der Waals surface area contributed by atoms with E-state index in [0.29, 0.717) is 12.3 Å². The van der Waals surface area contributed by atoms with E-state index in [0.717, 1.165) is 5.56 Å². The average Bonchev–Trinajstić information content (AvgIpc) is 2.91. The van der Waals surface area contributed by atoms with Gasteiger partial charge in [0.05, 0.1) is 6.54 Å². The lowest BCUT2D eigenvalue weighted by Crippen LogP contribution is -1.96. The van der Waals surface area contributed by atoms with E-state index in [1.54, 1.807) is 6.07 Å². The van der Waals surface area contributed by atoms with E-state index in [1.165, 1.54) is 0 Å². The van der Waals surface area contributed by atoms with Crippen LogP contribution in [0.4, 0.5) is 5.95 Å². The second-order valence-corrected chi connectivity index (χ2v) is 3.17. The Kier molecular flexibility index (Phi) is 3.92. The number of hydrogen-bond acceptors (Lipinski definition) is 7. The lowest BCUT2D eigenvalue weighted by atomic mass is 10.2. The zero-order chi connectivity index (χ0) is 12.6. The molecular formula is C10H9N7O. The summed E-state index contributed by atoms with van der Waals surface area (Å²) < 4.78 is 5.26. The first-order chi connectivity index (χ1) is 8.90. The van der Waals surface area contributed by atoms with Crippen LogP contribution in [0.15, 0.2) is 34.5 Å². The zero-order valence-electron chi connectivity index (χ0n) is 9.32. The van der Waals surface area contributed by atoms with Crippen LogP contribution in [0.2, 0.25) is 0 Å². The van der Waals surface area contributed by atoms with Gasteiger partial charge in [-0.1, -0.05) is 23.3 Å². The molecule has 0 unspecified atom stereocenters. The van der Waals surface area contributed by atoms with Gasteiger partial charge in [-0.25, -0.2) is 0 Å². The SMILES string of the molecule is N#CCOc1ccccc1CN=Nc1nn[nH]n1. The molecule has 0 saturated carbocycles. The molecule has 0 aliphatic rings. The molecule has 1 N–H and O–H groups in total. The van der Waals surface area contributed by atoms with Gasteiger partial charge in [-0.15, -0.1) is 10.2 Å². The summed E-state index contributed by atoms with van der Waals surface area (Å²) in [4.78, 5) is 0. The normalized spacial score (nSPS) is 10.4. The van der Waals surface area contributed by atoms with Gasteiger partial charge in [-0.05, 0) is 11.3 Å². The molecule has 0 saturated heterocycles. The fourth-order valence-electron chi connectivity index (χ4n) is 1.26. The molecule has 0 amide bonds. The number of nitrogens with zero attached hydrogens (tertiary/aromatic N) is 6. The maximum absolute atomic E-state index is 8.48. The van der Waals surface area contributed by atoms with E-state index in [9.17, 15) is 0 Å². The minimum Gasteiger partial charge on any atom is -0.478 e. The molecule has 0 atom stereocenters. The standard InChI is InChI=1S/C10H9N7O/c11-5-6-18-9-4-2-1-3-8(9)7-12-13-10-14-16-17-15-10/h1-4H,6-7H2,(H,14,15,16,17). The summed E-state index contributed by atoms with van der Waals surface area (Å²) >= 11 is 0. The molecule has 90 valence electrons. The minimum absolute atomic E-state index is 0.000994. The Morgan fingerprint density at radius 1 is 1.39 bits per heavy atom. The van der Waals surface area contributed by atoms with Crippen molar-refractivity contribution in [3.8, 4) is 11.8 Å². The molecule has 8 heteroatoms. The number of H-pyrrole nitrogens is 1. The Balaban J connectivity index is 2.02. The number of ether oxygens (including phenoxy) is 1. The van der Waals surface area contributed by atoms with Crippen LogP contribution in [0.5, 0.6) is 5.75 Å². The average molecular weight is 243 g/mol. The number of nitriles is 1. The number of benzene rings is 1. The van der Waals surface area contributed by atoms with Crippen molar-refractivity contribution in [2.24, 2.45) is 10.2 Å². The van der Waals surface area contributed by atoms with Crippen LogP contribution in [0.1, 0.15) is 5.56 Å². The number of hydrogen-bond donors (Lipinski definition) is 1. The van der Waals surface area contributed by atoms with Gasteiger partial charge in [-0.2, -0.15) is 15.6 Å². The summed E-state index contributed by atoms with van der Waals surface area (Å²) in [6.45, 7) is 0.315. The molecule has 1 aromatic heterocycles. The van der Waals surface area contributed by atoms with Gasteiger partial charge in [0, 0.05) is 5.56 Å². The van der Waals surface area contributed by atoms with E-state index in [1.807, 2.05) is 24.3 Å². The fourth-order valence-corrected chi connectivity index (χ4v) is 1.26. The van der Waals surface area contributed by atoms with Crippen molar-refractivity contribution < 1.29 is 4.74 Å². The van der Waals surface area contributed by atoms with Crippen molar-refractivity contribution in [3.63, 3.8) is 0 Å². The Morgan fingerprint density at radius 2 is 2.28 bits per heavy atom. The third kappa shape index (κ3) is 3.08. The van der Waals surface area contributed by atoms with Crippen LogP contribution in [0, 0.1) is 11.3 Å². The number of azo groups is 1. The van der Waals surface area contributed by atoms with E-state index < -0.39 is 0 Å². The molecule has 0 aliphatic carbocycles. The molecule has 0 aliphatic heterocycles. The van der Waals surface area contributed by atoms with E-state index in [2.05, 4.69) is 30.9 Å². The highest BCUT2D eigenvalue weighted by molar-refractivity contribution is 5.33. The molecule has 0 fully saturated rings. The third-order valence-electron chi connectivity index (χ3n) is 2.00. The van der Waals surface area contributed by atoms with Gasteiger partial charge >= 0.3 is 5.95 Å². The molecule has 0 radical (unpaired) electrons. The van der Waals surface area contributed by atoms with Gasteiger partial charge in [0.25, 0.3) is 0 Å². The number of rotatable bonds is 5. The van der Waals surface area contributed by atoms with Gasteiger partial charge < -0.3 is 4.74 Å². The summed E-state index contributed by atoms with van der Waals surface area (Å²) in [6.07, 6.45) is 0. The van der Waals surface area contributed by atoms with Gasteiger partial charge in [0.2, 0.25) is 0 Å². The smallest absolute Gasteiger partial charge is 0.307 e. The lowest BCUT2D eigenvalue weighted by Gasteiger charge is -2.05. The molecule has 1 heterocycles. The molecule has 2 rings (SSSR count). The molecule has 0 spiro atoms. The van der Waals surface area contributed by atoms with Crippen LogP contribution in [0.25, 0.3) is 0 Å². The predicted octanol–water partition coefficient (Wildman–Crippen LogP) is 1.39. The van der Waals surface area contributed by atoms with Crippen LogP contribution in [0.3, 0.4) is 0 Å². The van der Waals surface area contributed by atoms with Crippen molar-refractivity contribution in [2.75, 3.05) is 6.61 Å². The molecule has 0 bridgehead atoms. The molecule has 18 heavy (non-hydrogen) atoms. The Morgan fingerprint density at radius 3 is 3.06 bits per heavy atom. The summed E-state index contributed by atoms with van der Waals surface area (Å²) in [5, 5.41) is 29.1. The van der Waals surface area contributed by atoms with Crippen LogP contribution in [-0.2, 0) is 6.54 Å². The van der Waals surface area contributed by atoms with Crippen molar-refractivity contribution in [2.45, 2.75) is 6.54 Å². The van der Waals surface area contributed by atoms with Crippen molar-refractivity contribution in [3.05, 3.63) is 29.8 Å². The lowest BCUT2D eigenvalue weighted by molar-refractivity contribution is 0.364. The summed E-state index contributed by atoms with van der Waals surface area (Å²) in [6, 6.07) is 9.22. The van der Waals surface area contributed by atoms with Crippen LogP contribution < -0.4 is 4.74 Å². The first-order valence-corrected chi connectivity index (χ1v) is 5.09. The molecule has 2 aromatic rings. The molecule has 1 aromatic carbocycles. The van der Waals surface area contributed by atoms with Crippen LogP contribution in [-0.4, -0.2) is 27.2 Å².